The standard InChI is InChI=1S/C15H22O3/c1-4-6-17-14-9-13(8-12(3)16)10-15(11-14)18-7-5-2/h9-11H,4-8H2,1-3H3. The zero-order valence-corrected chi connectivity index (χ0v) is 11.5. The molecule has 0 aliphatic heterocycles. The van der Waals surface area contributed by atoms with Crippen LogP contribution < -0.4 is 9.47 Å². The highest BCUT2D eigenvalue weighted by Crippen LogP contribution is 2.24. The Morgan fingerprint density at radius 1 is 1.00 bits per heavy atom. The Bertz CT molecular complexity index is 359. The number of hydrogen-bond acceptors (Lipinski definition) is 3. The highest BCUT2D eigenvalue weighted by atomic mass is 16.5. The summed E-state index contributed by atoms with van der Waals surface area (Å²) in [5.74, 6) is 1.70. The van der Waals surface area contributed by atoms with Crippen LogP contribution in [0.4, 0.5) is 0 Å². The smallest absolute Gasteiger partial charge is 0.134 e. The molecule has 0 amide bonds. The molecule has 1 rings (SSSR count). The molecule has 0 bridgehead atoms. The van der Waals surface area contributed by atoms with E-state index < -0.39 is 0 Å². The quantitative estimate of drug-likeness (QED) is 0.709. The summed E-state index contributed by atoms with van der Waals surface area (Å²) >= 11 is 0. The lowest BCUT2D eigenvalue weighted by Gasteiger charge is -2.11. The number of carbonyl (C=O) groups is 1. The molecule has 0 spiro atoms. The van der Waals surface area contributed by atoms with Crippen molar-refractivity contribution >= 4 is 5.78 Å². The second-order valence-electron chi connectivity index (χ2n) is 4.39. The molecule has 1 aromatic carbocycles. The Morgan fingerprint density at radius 3 is 1.89 bits per heavy atom. The molecule has 0 fully saturated rings. The fourth-order valence-electron chi connectivity index (χ4n) is 1.63. The van der Waals surface area contributed by atoms with E-state index in [1.807, 2.05) is 18.2 Å². The van der Waals surface area contributed by atoms with Gasteiger partial charge in [0.1, 0.15) is 17.3 Å². The van der Waals surface area contributed by atoms with E-state index in [0.29, 0.717) is 19.6 Å². The minimum absolute atomic E-state index is 0.143. The second-order valence-corrected chi connectivity index (χ2v) is 4.39. The first-order valence-electron chi connectivity index (χ1n) is 6.54. The van der Waals surface area contributed by atoms with Crippen LogP contribution in [0.1, 0.15) is 39.2 Å². The highest BCUT2D eigenvalue weighted by molar-refractivity contribution is 5.78. The van der Waals surface area contributed by atoms with Gasteiger partial charge >= 0.3 is 0 Å². The number of ether oxygens (including phenoxy) is 2. The van der Waals surface area contributed by atoms with Gasteiger partial charge in [-0.2, -0.15) is 0 Å². The Kier molecular flexibility index (Phi) is 6.26. The molecule has 0 aliphatic rings. The lowest BCUT2D eigenvalue weighted by atomic mass is 10.1. The lowest BCUT2D eigenvalue weighted by Crippen LogP contribution is -2.02. The third-order valence-corrected chi connectivity index (χ3v) is 2.34. The monoisotopic (exact) mass is 250 g/mol. The molecule has 3 heteroatoms. The van der Waals surface area contributed by atoms with Crippen LogP contribution in [0.3, 0.4) is 0 Å². The van der Waals surface area contributed by atoms with Crippen molar-refractivity contribution in [3.63, 3.8) is 0 Å². The van der Waals surface area contributed by atoms with Crippen molar-refractivity contribution in [2.45, 2.75) is 40.0 Å². The Labute approximate surface area is 109 Å². The lowest BCUT2D eigenvalue weighted by molar-refractivity contribution is -0.116. The van der Waals surface area contributed by atoms with E-state index in [-0.39, 0.29) is 5.78 Å². The van der Waals surface area contributed by atoms with Crippen LogP contribution in [0.25, 0.3) is 0 Å². The maximum Gasteiger partial charge on any atom is 0.134 e. The van der Waals surface area contributed by atoms with E-state index in [4.69, 9.17) is 9.47 Å². The first kappa shape index (κ1) is 14.6. The number of Topliss-reactive ketones (excluding diaryl/α,β-unsaturated/α-hetero) is 1. The largest absolute Gasteiger partial charge is 0.493 e. The predicted molar refractivity (Wildman–Crippen MR) is 72.4 cm³/mol. The number of carbonyl (C=O) groups excluding carboxylic acids is 1. The Hall–Kier alpha value is -1.51. The maximum absolute atomic E-state index is 11.2. The molecule has 18 heavy (non-hydrogen) atoms. The first-order chi connectivity index (χ1) is 8.65. The van der Waals surface area contributed by atoms with Gasteiger partial charge in [0.15, 0.2) is 0 Å². The summed E-state index contributed by atoms with van der Waals surface area (Å²) in [6, 6.07) is 5.71. The Balaban J connectivity index is 2.84. The van der Waals surface area contributed by atoms with Gasteiger partial charge in [0.2, 0.25) is 0 Å². The average molecular weight is 250 g/mol. The summed E-state index contributed by atoms with van der Waals surface area (Å²) in [6.45, 7) is 7.07. The summed E-state index contributed by atoms with van der Waals surface area (Å²) in [4.78, 5) is 11.2. The number of rotatable bonds is 8. The van der Waals surface area contributed by atoms with Gasteiger partial charge < -0.3 is 9.47 Å². The molecule has 0 atom stereocenters. The number of hydrogen-bond donors (Lipinski definition) is 0. The molecule has 0 aromatic heterocycles. The van der Waals surface area contributed by atoms with E-state index in [0.717, 1.165) is 29.9 Å². The summed E-state index contributed by atoms with van der Waals surface area (Å²) in [5.41, 5.74) is 0.946. The average Bonchev–Trinajstić information content (AvgIpc) is 2.33. The zero-order valence-electron chi connectivity index (χ0n) is 11.5. The van der Waals surface area contributed by atoms with Gasteiger partial charge in [0.25, 0.3) is 0 Å². The van der Waals surface area contributed by atoms with Crippen LogP contribution in [0.15, 0.2) is 18.2 Å². The predicted octanol–water partition coefficient (Wildman–Crippen LogP) is 3.40. The molecular weight excluding hydrogens is 228 g/mol. The van der Waals surface area contributed by atoms with E-state index in [1.54, 1.807) is 6.92 Å². The van der Waals surface area contributed by atoms with Gasteiger partial charge in [-0.15, -0.1) is 0 Å². The summed E-state index contributed by atoms with van der Waals surface area (Å²) < 4.78 is 11.2. The SMILES string of the molecule is CCCOc1cc(CC(C)=O)cc(OCCC)c1. The van der Waals surface area contributed by atoms with E-state index in [9.17, 15) is 4.79 Å². The summed E-state index contributed by atoms with van der Waals surface area (Å²) in [6.07, 6.45) is 2.34. The van der Waals surface area contributed by atoms with Crippen molar-refractivity contribution in [2.75, 3.05) is 13.2 Å². The minimum atomic E-state index is 0.143. The molecule has 0 radical (unpaired) electrons. The van der Waals surface area contributed by atoms with Crippen LogP contribution in [0, 0.1) is 0 Å². The van der Waals surface area contributed by atoms with E-state index in [2.05, 4.69) is 13.8 Å². The van der Waals surface area contributed by atoms with Gasteiger partial charge in [-0.25, -0.2) is 0 Å². The fourth-order valence-corrected chi connectivity index (χ4v) is 1.63. The van der Waals surface area contributed by atoms with Crippen molar-refractivity contribution < 1.29 is 14.3 Å². The van der Waals surface area contributed by atoms with Crippen LogP contribution in [-0.2, 0) is 11.2 Å². The second kappa shape index (κ2) is 7.75. The third kappa shape index (κ3) is 5.21. The first-order valence-corrected chi connectivity index (χ1v) is 6.54. The van der Waals surface area contributed by atoms with E-state index >= 15 is 0 Å². The molecule has 0 heterocycles. The maximum atomic E-state index is 11.2. The van der Waals surface area contributed by atoms with Crippen LogP contribution >= 0.6 is 0 Å². The molecule has 1 aromatic rings. The topological polar surface area (TPSA) is 35.5 Å². The van der Waals surface area contributed by atoms with Crippen molar-refractivity contribution in [3.05, 3.63) is 23.8 Å². The van der Waals surface area contributed by atoms with Crippen LogP contribution in [-0.4, -0.2) is 19.0 Å². The van der Waals surface area contributed by atoms with E-state index in [1.165, 1.54) is 0 Å². The van der Waals surface area contributed by atoms with Crippen molar-refractivity contribution in [1.82, 2.24) is 0 Å². The number of benzene rings is 1. The van der Waals surface area contributed by atoms with Crippen molar-refractivity contribution in [2.24, 2.45) is 0 Å². The van der Waals surface area contributed by atoms with Gasteiger partial charge in [-0.1, -0.05) is 13.8 Å². The highest BCUT2D eigenvalue weighted by Gasteiger charge is 2.05. The van der Waals surface area contributed by atoms with Crippen molar-refractivity contribution in [1.29, 1.82) is 0 Å². The Morgan fingerprint density at radius 2 is 1.50 bits per heavy atom. The molecule has 100 valence electrons. The van der Waals surface area contributed by atoms with Gasteiger partial charge in [-0.05, 0) is 37.5 Å². The molecule has 0 aliphatic carbocycles. The van der Waals surface area contributed by atoms with Gasteiger partial charge in [0.05, 0.1) is 13.2 Å². The molecule has 0 unspecified atom stereocenters. The molecular formula is C15H22O3. The number of ketones is 1. The molecule has 0 saturated carbocycles. The zero-order chi connectivity index (χ0) is 13.4. The molecule has 0 saturated heterocycles. The summed E-state index contributed by atoms with van der Waals surface area (Å²) in [5, 5.41) is 0. The van der Waals surface area contributed by atoms with Crippen LogP contribution in [0.5, 0.6) is 11.5 Å². The van der Waals surface area contributed by atoms with Gasteiger partial charge in [-0.3, -0.25) is 4.79 Å². The molecule has 0 N–H and O–H groups in total. The third-order valence-electron chi connectivity index (χ3n) is 2.34. The van der Waals surface area contributed by atoms with Gasteiger partial charge in [0, 0.05) is 12.5 Å². The van der Waals surface area contributed by atoms with Crippen LogP contribution in [0.2, 0.25) is 0 Å². The summed E-state index contributed by atoms with van der Waals surface area (Å²) in [7, 11) is 0. The fraction of sp³-hybridized carbons (Fsp3) is 0.533. The van der Waals surface area contributed by atoms with Crippen molar-refractivity contribution in [3.8, 4) is 11.5 Å². The molecule has 3 nitrogen and oxygen atoms in total. The minimum Gasteiger partial charge on any atom is -0.493 e. The normalized spacial score (nSPS) is 10.2.